The predicted octanol–water partition coefficient (Wildman–Crippen LogP) is 1.45. The highest BCUT2D eigenvalue weighted by Crippen LogP contribution is 1.89. The van der Waals surface area contributed by atoms with Gasteiger partial charge in [-0.15, -0.1) is 18.9 Å². The van der Waals surface area contributed by atoms with Crippen LogP contribution in [-0.4, -0.2) is 0 Å². The average Bonchev–Trinajstić information content (AvgIpc) is 1.83. The van der Waals surface area contributed by atoms with Crippen molar-refractivity contribution in [3.05, 3.63) is 12.7 Å². The highest BCUT2D eigenvalue weighted by Gasteiger charge is 1.86. The fraction of sp³-hybridized carbons (Fsp3) is 0.250. The molecule has 0 aliphatic heterocycles. The van der Waals surface area contributed by atoms with E-state index in [9.17, 15) is 0 Å². The molecule has 0 spiro atoms. The molecular weight excluding hydrogens is 96.1 g/mol. The van der Waals surface area contributed by atoms with Crippen molar-refractivity contribution in [3.63, 3.8) is 0 Å². The van der Waals surface area contributed by atoms with Gasteiger partial charge in [0.2, 0.25) is 0 Å². The molecule has 40 valence electrons. The summed E-state index contributed by atoms with van der Waals surface area (Å²) in [6.45, 7) is 5.26. The molecule has 0 rings (SSSR count). The normalized spacial score (nSPS) is 10.0. The Bertz CT molecular complexity index is 159. The van der Waals surface area contributed by atoms with Gasteiger partial charge in [-0.2, -0.15) is 0 Å². The first-order chi connectivity index (χ1) is 3.85. The van der Waals surface area contributed by atoms with E-state index in [1.807, 2.05) is 0 Å². The Morgan fingerprint density at radius 3 is 2.50 bits per heavy atom. The van der Waals surface area contributed by atoms with Crippen LogP contribution in [0, 0.1) is 30.1 Å². The molecule has 0 bridgehead atoms. The SMILES string of the molecule is C#CC(C#CC)C=C. The molecule has 0 radical (unpaired) electrons. The van der Waals surface area contributed by atoms with Gasteiger partial charge in [-0.25, -0.2) is 0 Å². The Morgan fingerprint density at radius 1 is 1.75 bits per heavy atom. The molecular formula is C8H8. The van der Waals surface area contributed by atoms with Gasteiger partial charge in [0.15, 0.2) is 0 Å². The number of hydrogen-bond donors (Lipinski definition) is 0. The van der Waals surface area contributed by atoms with Crippen LogP contribution >= 0.6 is 0 Å². The third-order valence-electron chi connectivity index (χ3n) is 0.715. The molecule has 0 aromatic carbocycles. The lowest BCUT2D eigenvalue weighted by Gasteiger charge is -1.86. The second-order valence-corrected chi connectivity index (χ2v) is 1.27. The zero-order valence-electron chi connectivity index (χ0n) is 4.94. The Balaban J connectivity index is 3.89. The summed E-state index contributed by atoms with van der Waals surface area (Å²) in [5.41, 5.74) is 0. The number of allylic oxidation sites excluding steroid dienone is 1. The molecule has 1 unspecified atom stereocenters. The molecule has 0 aliphatic carbocycles. The van der Waals surface area contributed by atoms with Crippen LogP contribution in [0.4, 0.5) is 0 Å². The molecule has 1 atom stereocenters. The van der Waals surface area contributed by atoms with E-state index >= 15 is 0 Å². The van der Waals surface area contributed by atoms with E-state index in [0.29, 0.717) is 0 Å². The number of hydrogen-bond acceptors (Lipinski definition) is 0. The van der Waals surface area contributed by atoms with E-state index in [2.05, 4.69) is 24.3 Å². The molecule has 0 heterocycles. The van der Waals surface area contributed by atoms with Gasteiger partial charge in [0, 0.05) is 0 Å². The van der Waals surface area contributed by atoms with Crippen molar-refractivity contribution in [2.24, 2.45) is 5.92 Å². The Morgan fingerprint density at radius 2 is 2.38 bits per heavy atom. The van der Waals surface area contributed by atoms with Gasteiger partial charge in [-0.3, -0.25) is 0 Å². The van der Waals surface area contributed by atoms with Gasteiger partial charge in [-0.05, 0) is 6.92 Å². The summed E-state index contributed by atoms with van der Waals surface area (Å²) in [5.74, 6) is 7.88. The van der Waals surface area contributed by atoms with Crippen molar-refractivity contribution in [2.75, 3.05) is 0 Å². The van der Waals surface area contributed by atoms with Crippen LogP contribution in [0.3, 0.4) is 0 Å². The van der Waals surface area contributed by atoms with Crippen LogP contribution < -0.4 is 0 Å². The molecule has 0 amide bonds. The van der Waals surface area contributed by atoms with Crippen LogP contribution in [0.25, 0.3) is 0 Å². The average molecular weight is 104 g/mol. The zero-order chi connectivity index (χ0) is 6.41. The maximum atomic E-state index is 5.05. The molecule has 0 N–H and O–H groups in total. The third kappa shape index (κ3) is 2.11. The van der Waals surface area contributed by atoms with Crippen LogP contribution in [0.5, 0.6) is 0 Å². The summed E-state index contributed by atoms with van der Waals surface area (Å²) in [5, 5.41) is 0. The Kier molecular flexibility index (Phi) is 3.46. The molecule has 0 saturated heterocycles. The maximum absolute atomic E-state index is 5.05. The van der Waals surface area contributed by atoms with E-state index in [4.69, 9.17) is 6.42 Å². The summed E-state index contributed by atoms with van der Waals surface area (Å²) in [6.07, 6.45) is 6.69. The fourth-order valence-corrected chi connectivity index (χ4v) is 0.324. The van der Waals surface area contributed by atoms with E-state index in [1.165, 1.54) is 0 Å². The first-order valence-corrected chi connectivity index (χ1v) is 2.36. The summed E-state index contributed by atoms with van der Waals surface area (Å²) >= 11 is 0. The highest BCUT2D eigenvalue weighted by atomic mass is 13.9. The van der Waals surface area contributed by atoms with E-state index in [-0.39, 0.29) is 5.92 Å². The number of rotatable bonds is 1. The van der Waals surface area contributed by atoms with Crippen molar-refractivity contribution < 1.29 is 0 Å². The molecule has 0 aromatic heterocycles. The van der Waals surface area contributed by atoms with Crippen LogP contribution in [-0.2, 0) is 0 Å². The smallest absolute Gasteiger partial charge is 0.0986 e. The minimum Gasteiger partial charge on any atom is -0.118 e. The van der Waals surface area contributed by atoms with Crippen molar-refractivity contribution >= 4 is 0 Å². The van der Waals surface area contributed by atoms with E-state index < -0.39 is 0 Å². The van der Waals surface area contributed by atoms with Gasteiger partial charge in [0.05, 0.1) is 5.92 Å². The number of terminal acetylenes is 1. The predicted molar refractivity (Wildman–Crippen MR) is 36.0 cm³/mol. The van der Waals surface area contributed by atoms with Gasteiger partial charge in [0.1, 0.15) is 0 Å². The molecule has 0 aromatic rings. The first-order valence-electron chi connectivity index (χ1n) is 2.36. The third-order valence-corrected chi connectivity index (χ3v) is 0.715. The minimum atomic E-state index is -0.0694. The van der Waals surface area contributed by atoms with E-state index in [0.717, 1.165) is 0 Å². The summed E-state index contributed by atoms with van der Waals surface area (Å²) < 4.78 is 0. The van der Waals surface area contributed by atoms with Gasteiger partial charge in [0.25, 0.3) is 0 Å². The zero-order valence-corrected chi connectivity index (χ0v) is 4.94. The monoisotopic (exact) mass is 104 g/mol. The Hall–Kier alpha value is -1.14. The summed E-state index contributed by atoms with van der Waals surface area (Å²) in [6, 6.07) is 0. The Labute approximate surface area is 50.6 Å². The van der Waals surface area contributed by atoms with Gasteiger partial charge >= 0.3 is 0 Å². The summed E-state index contributed by atoms with van der Waals surface area (Å²) in [4.78, 5) is 0. The molecule has 0 saturated carbocycles. The van der Waals surface area contributed by atoms with Crippen LogP contribution in [0.1, 0.15) is 6.92 Å². The maximum Gasteiger partial charge on any atom is 0.0986 e. The second kappa shape index (κ2) is 4.03. The lowest BCUT2D eigenvalue weighted by molar-refractivity contribution is 1.18. The lowest BCUT2D eigenvalue weighted by Crippen LogP contribution is -1.82. The van der Waals surface area contributed by atoms with Crippen LogP contribution in [0.2, 0.25) is 0 Å². The first kappa shape index (κ1) is 6.86. The molecule has 0 nitrogen and oxygen atoms in total. The van der Waals surface area contributed by atoms with Gasteiger partial charge < -0.3 is 0 Å². The van der Waals surface area contributed by atoms with Crippen LogP contribution in [0.15, 0.2) is 12.7 Å². The quantitative estimate of drug-likeness (QED) is 0.349. The largest absolute Gasteiger partial charge is 0.118 e. The second-order valence-electron chi connectivity index (χ2n) is 1.27. The topological polar surface area (TPSA) is 0 Å². The van der Waals surface area contributed by atoms with E-state index in [1.54, 1.807) is 13.0 Å². The van der Waals surface area contributed by atoms with Crippen molar-refractivity contribution in [2.45, 2.75) is 6.92 Å². The molecule has 0 aliphatic rings. The van der Waals surface area contributed by atoms with Gasteiger partial charge in [-0.1, -0.05) is 17.9 Å². The minimum absolute atomic E-state index is 0.0694. The fourth-order valence-electron chi connectivity index (χ4n) is 0.324. The summed E-state index contributed by atoms with van der Waals surface area (Å²) in [7, 11) is 0. The standard InChI is InChI=1S/C8H8/c1-4-7-8(5-2)6-3/h2,6,8H,3H2,1H3. The highest BCUT2D eigenvalue weighted by molar-refractivity contribution is 5.19. The molecule has 0 heteroatoms. The molecule has 8 heavy (non-hydrogen) atoms. The van der Waals surface area contributed by atoms with Crippen molar-refractivity contribution in [3.8, 4) is 24.2 Å². The van der Waals surface area contributed by atoms with Crippen molar-refractivity contribution in [1.29, 1.82) is 0 Å². The lowest BCUT2D eigenvalue weighted by atomic mass is 10.2. The van der Waals surface area contributed by atoms with Crippen molar-refractivity contribution in [1.82, 2.24) is 0 Å². The molecule has 0 fully saturated rings.